The third-order valence-corrected chi connectivity index (χ3v) is 4.08. The van der Waals surface area contributed by atoms with Gasteiger partial charge in [0.05, 0.1) is 21.8 Å². The zero-order valence-corrected chi connectivity index (χ0v) is 13.3. The van der Waals surface area contributed by atoms with Crippen LogP contribution in [0.4, 0.5) is 11.5 Å². The third-order valence-electron chi connectivity index (χ3n) is 3.12. The van der Waals surface area contributed by atoms with Crippen molar-refractivity contribution < 1.29 is 14.8 Å². The maximum Gasteiger partial charge on any atom is 0.313 e. The van der Waals surface area contributed by atoms with E-state index in [9.17, 15) is 25.4 Å². The molecule has 0 aliphatic heterocycles. The zero-order valence-electron chi connectivity index (χ0n) is 12.5. The molecule has 0 saturated heterocycles. The van der Waals surface area contributed by atoms with Gasteiger partial charge in [0.25, 0.3) is 5.69 Å². The fourth-order valence-corrected chi connectivity index (χ4v) is 2.86. The van der Waals surface area contributed by atoms with E-state index in [0.29, 0.717) is 0 Å². The average molecular weight is 355 g/mol. The number of thioether (sulfide) groups is 1. The number of rotatable bonds is 5. The van der Waals surface area contributed by atoms with Crippen molar-refractivity contribution in [3.63, 3.8) is 0 Å². The Balaban J connectivity index is 2.85. The van der Waals surface area contributed by atoms with E-state index >= 15 is 0 Å². The number of carboxylic acid groups (broad SMARTS) is 1. The van der Waals surface area contributed by atoms with Gasteiger partial charge in [0.15, 0.2) is 0 Å². The van der Waals surface area contributed by atoms with E-state index in [1.54, 1.807) is 0 Å². The molecule has 0 saturated carbocycles. The molecule has 0 atom stereocenters. The highest BCUT2D eigenvalue weighted by Gasteiger charge is 2.25. The number of nitriles is 2. The number of aliphatic carboxylic acids is 1. The quantitative estimate of drug-likeness (QED) is 0.464. The van der Waals surface area contributed by atoms with Crippen molar-refractivity contribution in [1.29, 1.82) is 10.5 Å². The minimum atomic E-state index is -1.13. The van der Waals surface area contributed by atoms with Crippen molar-refractivity contribution in [3.05, 3.63) is 45.5 Å². The molecule has 1 aromatic carbocycles. The molecule has 124 valence electrons. The fraction of sp³-hybridized carbons (Fsp3) is 0.0667. The highest BCUT2D eigenvalue weighted by atomic mass is 32.2. The van der Waals surface area contributed by atoms with Crippen molar-refractivity contribution in [3.8, 4) is 23.3 Å². The molecular formula is C15H9N5O4S. The molecule has 0 aliphatic rings. The number of nitrogens with zero attached hydrogens (tertiary/aromatic N) is 4. The van der Waals surface area contributed by atoms with Crippen LogP contribution in [0, 0.1) is 32.8 Å². The number of nitrogens with two attached hydrogens (primary N) is 1. The number of nitrogen functional groups attached to an aromatic ring is 1. The second-order valence-corrected chi connectivity index (χ2v) is 5.57. The summed E-state index contributed by atoms with van der Waals surface area (Å²) in [5, 5.41) is 39.0. The van der Waals surface area contributed by atoms with Crippen LogP contribution in [0.15, 0.2) is 29.3 Å². The van der Waals surface area contributed by atoms with Crippen LogP contribution in [0.1, 0.15) is 11.1 Å². The van der Waals surface area contributed by atoms with E-state index in [2.05, 4.69) is 4.98 Å². The first-order valence-corrected chi connectivity index (χ1v) is 7.61. The highest BCUT2D eigenvalue weighted by Crippen LogP contribution is 2.39. The topological polar surface area (TPSA) is 167 Å². The number of carboxylic acids is 1. The van der Waals surface area contributed by atoms with Crippen LogP contribution < -0.4 is 5.73 Å². The summed E-state index contributed by atoms with van der Waals surface area (Å²) in [6, 6.07) is 9.25. The maximum atomic E-state index is 11.3. The Hall–Kier alpha value is -3.63. The molecule has 0 unspecified atom stereocenters. The van der Waals surface area contributed by atoms with Gasteiger partial charge < -0.3 is 10.8 Å². The monoisotopic (exact) mass is 355 g/mol. The van der Waals surface area contributed by atoms with Crippen LogP contribution in [0.5, 0.6) is 0 Å². The molecule has 3 N–H and O–H groups in total. The van der Waals surface area contributed by atoms with Crippen molar-refractivity contribution in [2.75, 3.05) is 11.5 Å². The largest absolute Gasteiger partial charge is 0.481 e. The lowest BCUT2D eigenvalue weighted by atomic mass is 9.95. The van der Waals surface area contributed by atoms with Crippen LogP contribution in [-0.2, 0) is 4.79 Å². The molecule has 9 nitrogen and oxygen atoms in total. The van der Waals surface area contributed by atoms with Crippen LogP contribution in [0.2, 0.25) is 0 Å². The molecule has 2 aromatic rings. The molecule has 0 fully saturated rings. The Morgan fingerprint density at radius 3 is 2.52 bits per heavy atom. The minimum absolute atomic E-state index is 0.00505. The first-order valence-electron chi connectivity index (χ1n) is 6.62. The Morgan fingerprint density at radius 1 is 1.32 bits per heavy atom. The van der Waals surface area contributed by atoms with Crippen LogP contribution >= 0.6 is 11.8 Å². The van der Waals surface area contributed by atoms with Crippen LogP contribution in [-0.4, -0.2) is 26.7 Å². The highest BCUT2D eigenvalue weighted by molar-refractivity contribution is 7.99. The summed E-state index contributed by atoms with van der Waals surface area (Å²) in [6.45, 7) is 0. The number of nitro groups is 1. The standard InChI is InChI=1S/C15H9N5O4S/c16-5-9-13(8-3-1-2-4-11(8)20(23)24)10(6-17)15(19-14(9)18)25-7-12(21)22/h1-4H,7H2,(H2,18,19)(H,21,22). The van der Waals surface area contributed by atoms with Gasteiger partial charge in [-0.2, -0.15) is 10.5 Å². The van der Waals surface area contributed by atoms with E-state index in [1.807, 2.05) is 12.1 Å². The lowest BCUT2D eigenvalue weighted by molar-refractivity contribution is -0.384. The van der Waals surface area contributed by atoms with Gasteiger partial charge in [-0.3, -0.25) is 14.9 Å². The van der Waals surface area contributed by atoms with Gasteiger partial charge in [0, 0.05) is 11.6 Å². The van der Waals surface area contributed by atoms with Gasteiger partial charge in [0.1, 0.15) is 28.5 Å². The van der Waals surface area contributed by atoms with Gasteiger partial charge in [0.2, 0.25) is 0 Å². The van der Waals surface area contributed by atoms with E-state index in [4.69, 9.17) is 10.8 Å². The van der Waals surface area contributed by atoms with Crippen LogP contribution in [0.3, 0.4) is 0 Å². The summed E-state index contributed by atoms with van der Waals surface area (Å²) in [6.07, 6.45) is 0. The van der Waals surface area contributed by atoms with Crippen molar-refractivity contribution in [2.24, 2.45) is 0 Å². The summed E-state index contributed by atoms with van der Waals surface area (Å²) >= 11 is 0.744. The zero-order chi connectivity index (χ0) is 18.6. The lowest BCUT2D eigenvalue weighted by Gasteiger charge is -2.12. The molecule has 0 bridgehead atoms. The van der Waals surface area contributed by atoms with E-state index in [0.717, 1.165) is 11.8 Å². The Kier molecular flexibility index (Phi) is 5.17. The predicted octanol–water partition coefficient (Wildman–Crippen LogP) is 2.16. The van der Waals surface area contributed by atoms with Crippen LogP contribution in [0.25, 0.3) is 11.1 Å². The van der Waals surface area contributed by atoms with E-state index < -0.39 is 10.9 Å². The van der Waals surface area contributed by atoms with E-state index in [1.165, 1.54) is 24.3 Å². The van der Waals surface area contributed by atoms with Crippen molar-refractivity contribution in [1.82, 2.24) is 4.98 Å². The van der Waals surface area contributed by atoms with Gasteiger partial charge in [-0.1, -0.05) is 23.9 Å². The normalized spacial score (nSPS) is 9.84. The number of hydrogen-bond acceptors (Lipinski definition) is 8. The van der Waals surface area contributed by atoms with Gasteiger partial charge in [-0.05, 0) is 6.07 Å². The SMILES string of the molecule is N#Cc1c(N)nc(SCC(=O)O)c(C#N)c1-c1ccccc1[N+](=O)[O-]. The number of nitro benzene ring substituents is 1. The number of para-hydroxylation sites is 1. The number of anilines is 1. The first-order chi connectivity index (χ1) is 11.9. The Labute approximate surface area is 145 Å². The third kappa shape index (κ3) is 3.49. The van der Waals surface area contributed by atoms with Crippen molar-refractivity contribution >= 4 is 29.2 Å². The molecule has 2 rings (SSSR count). The molecule has 25 heavy (non-hydrogen) atoms. The first kappa shape index (κ1) is 17.7. The summed E-state index contributed by atoms with van der Waals surface area (Å²) in [5.74, 6) is -1.75. The average Bonchev–Trinajstić information content (AvgIpc) is 2.59. The van der Waals surface area contributed by atoms with Crippen molar-refractivity contribution in [2.45, 2.75) is 5.03 Å². The Morgan fingerprint density at radius 2 is 1.96 bits per heavy atom. The van der Waals surface area contributed by atoms with Gasteiger partial charge in [-0.25, -0.2) is 4.98 Å². The summed E-state index contributed by atoms with van der Waals surface area (Å²) in [4.78, 5) is 25.3. The number of aromatic nitrogens is 1. The van der Waals surface area contributed by atoms with Gasteiger partial charge in [-0.15, -0.1) is 0 Å². The minimum Gasteiger partial charge on any atom is -0.481 e. The number of hydrogen-bond donors (Lipinski definition) is 2. The molecule has 1 heterocycles. The fourth-order valence-electron chi connectivity index (χ4n) is 2.15. The number of carbonyl (C=O) groups is 1. The molecule has 0 spiro atoms. The maximum absolute atomic E-state index is 11.3. The smallest absolute Gasteiger partial charge is 0.313 e. The predicted molar refractivity (Wildman–Crippen MR) is 88.5 cm³/mol. The van der Waals surface area contributed by atoms with E-state index in [-0.39, 0.29) is 44.5 Å². The Bertz CT molecular complexity index is 962. The molecular weight excluding hydrogens is 346 g/mol. The molecule has 0 aliphatic carbocycles. The number of pyridine rings is 1. The molecule has 0 amide bonds. The number of benzene rings is 1. The summed E-state index contributed by atoms with van der Waals surface area (Å²) in [7, 11) is 0. The summed E-state index contributed by atoms with van der Waals surface area (Å²) in [5.41, 5.74) is 5.14. The lowest BCUT2D eigenvalue weighted by Crippen LogP contribution is -2.06. The molecule has 0 radical (unpaired) electrons. The summed E-state index contributed by atoms with van der Waals surface area (Å²) < 4.78 is 0. The molecule has 10 heteroatoms. The molecule has 1 aromatic heterocycles. The second kappa shape index (κ2) is 7.29. The second-order valence-electron chi connectivity index (χ2n) is 4.61. The van der Waals surface area contributed by atoms with Gasteiger partial charge >= 0.3 is 5.97 Å².